The molecule has 0 spiro atoms. The van der Waals surface area contributed by atoms with Gasteiger partial charge in [0, 0.05) is 6.20 Å². The summed E-state index contributed by atoms with van der Waals surface area (Å²) in [6.45, 7) is 0. The van der Waals surface area contributed by atoms with Gasteiger partial charge in [0.05, 0.1) is 10.5 Å². The molecule has 0 aliphatic heterocycles. The van der Waals surface area contributed by atoms with Crippen LogP contribution in [0.15, 0.2) is 58.6 Å². The third-order valence-electron chi connectivity index (χ3n) is 2.38. The Kier molecular flexibility index (Phi) is 3.32. The molecule has 100 valence electrons. The lowest BCUT2D eigenvalue weighted by Gasteiger charge is -2.11. The Balaban J connectivity index is 2.67. The van der Waals surface area contributed by atoms with Crippen LogP contribution >= 0.6 is 0 Å². The minimum atomic E-state index is -4.77. The Hall–Kier alpha value is -1.89. The Morgan fingerprint density at radius 2 is 1.58 bits per heavy atom. The molecule has 2 rings (SSSR count). The maximum atomic E-state index is 12.8. The van der Waals surface area contributed by atoms with E-state index in [0.29, 0.717) is 6.07 Å². The van der Waals surface area contributed by atoms with Crippen LogP contribution in [0.1, 0.15) is 5.56 Å². The van der Waals surface area contributed by atoms with Gasteiger partial charge >= 0.3 is 6.18 Å². The summed E-state index contributed by atoms with van der Waals surface area (Å²) in [5, 5.41) is -0.978. The lowest BCUT2D eigenvalue weighted by atomic mass is 10.3. The molecule has 1 aromatic heterocycles. The number of halogens is 3. The third kappa shape index (κ3) is 2.60. The molecule has 19 heavy (non-hydrogen) atoms. The number of hydrogen-bond donors (Lipinski definition) is 0. The van der Waals surface area contributed by atoms with E-state index < -0.39 is 26.6 Å². The monoisotopic (exact) mass is 287 g/mol. The molecule has 0 saturated carbocycles. The molecule has 0 radical (unpaired) electrons. The Morgan fingerprint density at radius 3 is 2.16 bits per heavy atom. The molecule has 0 fully saturated rings. The van der Waals surface area contributed by atoms with Crippen molar-refractivity contribution in [1.29, 1.82) is 0 Å². The molecular weight excluding hydrogens is 279 g/mol. The van der Waals surface area contributed by atoms with E-state index in [1.54, 1.807) is 6.07 Å². The van der Waals surface area contributed by atoms with E-state index in [1.165, 1.54) is 24.3 Å². The fourth-order valence-electron chi connectivity index (χ4n) is 1.53. The fraction of sp³-hybridized carbons (Fsp3) is 0.0833. The van der Waals surface area contributed by atoms with E-state index in [9.17, 15) is 21.6 Å². The maximum absolute atomic E-state index is 12.8. The zero-order valence-corrected chi connectivity index (χ0v) is 10.2. The van der Waals surface area contributed by atoms with Crippen LogP contribution in [-0.4, -0.2) is 13.4 Å². The lowest BCUT2D eigenvalue weighted by molar-refractivity contribution is -0.140. The van der Waals surface area contributed by atoms with Crippen molar-refractivity contribution in [1.82, 2.24) is 4.98 Å². The van der Waals surface area contributed by atoms with Gasteiger partial charge in [-0.25, -0.2) is 13.4 Å². The summed E-state index contributed by atoms with van der Waals surface area (Å²) in [4.78, 5) is 3.16. The van der Waals surface area contributed by atoms with Crippen LogP contribution in [-0.2, 0) is 16.0 Å². The predicted octanol–water partition coefficient (Wildman–Crippen LogP) is 2.93. The average molecular weight is 287 g/mol. The summed E-state index contributed by atoms with van der Waals surface area (Å²) < 4.78 is 62.6. The van der Waals surface area contributed by atoms with Crippen molar-refractivity contribution in [3.8, 4) is 0 Å². The van der Waals surface area contributed by atoms with Crippen LogP contribution in [0.5, 0.6) is 0 Å². The highest BCUT2D eigenvalue weighted by molar-refractivity contribution is 7.91. The second kappa shape index (κ2) is 4.65. The van der Waals surface area contributed by atoms with Crippen molar-refractivity contribution in [2.45, 2.75) is 16.1 Å². The summed E-state index contributed by atoms with van der Waals surface area (Å²) in [6.07, 6.45) is -3.75. The van der Waals surface area contributed by atoms with Gasteiger partial charge in [-0.05, 0) is 24.3 Å². The van der Waals surface area contributed by atoms with Crippen LogP contribution in [0, 0.1) is 0 Å². The molecule has 0 aliphatic carbocycles. The summed E-state index contributed by atoms with van der Waals surface area (Å²) in [6, 6.07) is 8.64. The minimum absolute atomic E-state index is 0.223. The highest BCUT2D eigenvalue weighted by Gasteiger charge is 2.38. The second-order valence-electron chi connectivity index (χ2n) is 3.67. The second-order valence-corrected chi connectivity index (χ2v) is 5.54. The van der Waals surface area contributed by atoms with E-state index in [1.807, 2.05) is 0 Å². The quantitative estimate of drug-likeness (QED) is 0.853. The summed E-state index contributed by atoms with van der Waals surface area (Å²) in [5.74, 6) is 0. The van der Waals surface area contributed by atoms with Crippen molar-refractivity contribution < 1.29 is 21.6 Å². The van der Waals surface area contributed by atoms with Crippen LogP contribution < -0.4 is 0 Å². The first-order valence-electron chi connectivity index (χ1n) is 5.16. The van der Waals surface area contributed by atoms with E-state index >= 15 is 0 Å². The van der Waals surface area contributed by atoms with Gasteiger partial charge in [0.1, 0.15) is 0 Å². The van der Waals surface area contributed by atoms with Crippen molar-refractivity contribution in [3.63, 3.8) is 0 Å². The number of rotatable bonds is 2. The molecule has 0 aliphatic rings. The van der Waals surface area contributed by atoms with Crippen molar-refractivity contribution in [2.24, 2.45) is 0 Å². The molecule has 1 heterocycles. The van der Waals surface area contributed by atoms with E-state index in [-0.39, 0.29) is 4.90 Å². The van der Waals surface area contributed by atoms with Gasteiger partial charge in [-0.1, -0.05) is 18.2 Å². The van der Waals surface area contributed by atoms with Crippen molar-refractivity contribution >= 4 is 9.84 Å². The molecule has 0 N–H and O–H groups in total. The number of nitrogens with zero attached hydrogens (tertiary/aromatic N) is 1. The molecule has 0 amide bonds. The molecule has 7 heteroatoms. The number of sulfone groups is 1. The molecule has 3 nitrogen and oxygen atoms in total. The number of alkyl halides is 3. The first kappa shape index (κ1) is 13.5. The maximum Gasteiger partial charge on any atom is 0.419 e. The summed E-state index contributed by atoms with van der Waals surface area (Å²) in [5.41, 5.74) is -1.26. The normalized spacial score (nSPS) is 12.4. The summed E-state index contributed by atoms with van der Waals surface area (Å²) in [7, 11) is -4.28. The van der Waals surface area contributed by atoms with Gasteiger partial charge < -0.3 is 0 Å². The Labute approximate surface area is 107 Å². The van der Waals surface area contributed by atoms with Crippen LogP contribution in [0.25, 0.3) is 0 Å². The summed E-state index contributed by atoms with van der Waals surface area (Å²) >= 11 is 0. The number of pyridine rings is 1. The minimum Gasteiger partial charge on any atom is -0.244 e. The average Bonchev–Trinajstić information content (AvgIpc) is 2.39. The number of hydrogen-bond acceptors (Lipinski definition) is 3. The molecular formula is C12H8F3NO2S. The van der Waals surface area contributed by atoms with Gasteiger partial charge in [-0.3, -0.25) is 0 Å². The lowest BCUT2D eigenvalue weighted by Crippen LogP contribution is -2.15. The fourth-order valence-corrected chi connectivity index (χ4v) is 2.94. The Morgan fingerprint density at radius 1 is 0.947 bits per heavy atom. The molecule has 0 bridgehead atoms. The first-order valence-corrected chi connectivity index (χ1v) is 6.64. The van der Waals surface area contributed by atoms with Crippen LogP contribution in [0.3, 0.4) is 0 Å². The first-order chi connectivity index (χ1) is 8.83. The predicted molar refractivity (Wildman–Crippen MR) is 61.1 cm³/mol. The van der Waals surface area contributed by atoms with Gasteiger partial charge in [0.2, 0.25) is 9.84 Å². The molecule has 1 aromatic carbocycles. The number of aromatic nitrogens is 1. The standard InChI is InChI=1S/C12H8F3NO2S/c13-12(14,15)10-7-4-8-16-11(10)19(17,18)9-5-2-1-3-6-9/h1-8H. The molecule has 2 aromatic rings. The van der Waals surface area contributed by atoms with Crippen molar-refractivity contribution in [3.05, 3.63) is 54.2 Å². The molecule has 0 saturated heterocycles. The Bertz CT molecular complexity index is 682. The smallest absolute Gasteiger partial charge is 0.244 e. The van der Waals surface area contributed by atoms with E-state index in [0.717, 1.165) is 12.3 Å². The van der Waals surface area contributed by atoms with Gasteiger partial charge in [0.25, 0.3) is 0 Å². The van der Waals surface area contributed by atoms with E-state index in [4.69, 9.17) is 0 Å². The largest absolute Gasteiger partial charge is 0.419 e. The highest BCUT2D eigenvalue weighted by atomic mass is 32.2. The number of benzene rings is 1. The highest BCUT2D eigenvalue weighted by Crippen LogP contribution is 2.34. The SMILES string of the molecule is O=S(=O)(c1ccccc1)c1ncccc1C(F)(F)F. The van der Waals surface area contributed by atoms with Crippen molar-refractivity contribution in [2.75, 3.05) is 0 Å². The molecule has 0 atom stereocenters. The van der Waals surface area contributed by atoms with Gasteiger partial charge in [0.15, 0.2) is 5.03 Å². The third-order valence-corrected chi connectivity index (χ3v) is 4.11. The van der Waals surface area contributed by atoms with Gasteiger partial charge in [-0.2, -0.15) is 13.2 Å². The topological polar surface area (TPSA) is 47.0 Å². The molecule has 0 unspecified atom stereocenters. The van der Waals surface area contributed by atoms with Crippen LogP contribution in [0.2, 0.25) is 0 Å². The van der Waals surface area contributed by atoms with E-state index in [2.05, 4.69) is 4.98 Å². The zero-order valence-electron chi connectivity index (χ0n) is 9.42. The zero-order chi connectivity index (χ0) is 14.1. The van der Waals surface area contributed by atoms with Crippen LogP contribution in [0.4, 0.5) is 13.2 Å². The van der Waals surface area contributed by atoms with Gasteiger partial charge in [-0.15, -0.1) is 0 Å².